The standard InChI is InChI=1S/C15H20BrN3O2/c16-12-1-3-13(4-2-12)18-15(21)11-5-8-19(9-6-11)10-7-14(17)20/h1-4,11H,5-10H2,(H2,17,20)(H,18,21). The van der Waals surface area contributed by atoms with Gasteiger partial charge in [0.05, 0.1) is 0 Å². The first-order valence-corrected chi connectivity index (χ1v) is 7.91. The molecule has 0 aromatic heterocycles. The topological polar surface area (TPSA) is 75.4 Å². The van der Waals surface area contributed by atoms with E-state index in [4.69, 9.17) is 5.73 Å². The van der Waals surface area contributed by atoms with Crippen molar-refractivity contribution in [1.82, 2.24) is 4.90 Å². The number of rotatable bonds is 5. The maximum absolute atomic E-state index is 12.2. The van der Waals surface area contributed by atoms with Gasteiger partial charge in [0.2, 0.25) is 11.8 Å². The molecule has 0 unspecified atom stereocenters. The van der Waals surface area contributed by atoms with Gasteiger partial charge in [0.25, 0.3) is 0 Å². The number of amides is 2. The summed E-state index contributed by atoms with van der Waals surface area (Å²) >= 11 is 3.37. The quantitative estimate of drug-likeness (QED) is 0.849. The lowest BCUT2D eigenvalue weighted by Crippen LogP contribution is -2.39. The Balaban J connectivity index is 1.77. The van der Waals surface area contributed by atoms with Gasteiger partial charge in [-0.2, -0.15) is 0 Å². The van der Waals surface area contributed by atoms with Crippen LogP contribution in [0.1, 0.15) is 19.3 Å². The van der Waals surface area contributed by atoms with Gasteiger partial charge in [0.1, 0.15) is 0 Å². The largest absolute Gasteiger partial charge is 0.370 e. The maximum Gasteiger partial charge on any atom is 0.227 e. The number of hydrogen-bond acceptors (Lipinski definition) is 3. The molecular formula is C15H20BrN3O2. The van der Waals surface area contributed by atoms with Crippen LogP contribution >= 0.6 is 15.9 Å². The van der Waals surface area contributed by atoms with Gasteiger partial charge >= 0.3 is 0 Å². The van der Waals surface area contributed by atoms with Crippen LogP contribution in [0.15, 0.2) is 28.7 Å². The molecule has 0 spiro atoms. The molecule has 1 aliphatic rings. The number of carbonyl (C=O) groups is 2. The van der Waals surface area contributed by atoms with E-state index in [1.54, 1.807) is 0 Å². The third-order valence-corrected chi connectivity index (χ3v) is 4.27. The van der Waals surface area contributed by atoms with Crippen LogP contribution in [0.25, 0.3) is 0 Å². The zero-order valence-corrected chi connectivity index (χ0v) is 13.4. The molecule has 1 aromatic carbocycles. The summed E-state index contributed by atoms with van der Waals surface area (Å²) in [5, 5.41) is 2.95. The Morgan fingerprint density at radius 3 is 2.43 bits per heavy atom. The fraction of sp³-hybridized carbons (Fsp3) is 0.467. The molecule has 1 heterocycles. The molecule has 0 bridgehead atoms. The molecule has 2 amide bonds. The van der Waals surface area contributed by atoms with Gasteiger partial charge in [-0.1, -0.05) is 15.9 Å². The monoisotopic (exact) mass is 353 g/mol. The molecule has 0 atom stereocenters. The fourth-order valence-corrected chi connectivity index (χ4v) is 2.73. The number of nitrogens with two attached hydrogens (primary N) is 1. The first kappa shape index (κ1) is 16.0. The number of hydrogen-bond donors (Lipinski definition) is 2. The molecule has 21 heavy (non-hydrogen) atoms. The molecule has 1 aliphatic heterocycles. The minimum atomic E-state index is -0.273. The molecule has 114 valence electrons. The smallest absolute Gasteiger partial charge is 0.227 e. The Bertz CT molecular complexity index is 496. The van der Waals surface area contributed by atoms with Crippen molar-refractivity contribution >= 4 is 33.4 Å². The van der Waals surface area contributed by atoms with Gasteiger partial charge in [-0.25, -0.2) is 0 Å². The van der Waals surface area contributed by atoms with E-state index < -0.39 is 0 Å². The fourth-order valence-electron chi connectivity index (χ4n) is 2.46. The molecule has 1 aromatic rings. The van der Waals surface area contributed by atoms with Crippen molar-refractivity contribution in [2.24, 2.45) is 11.7 Å². The van der Waals surface area contributed by atoms with Crippen molar-refractivity contribution in [3.8, 4) is 0 Å². The van der Waals surface area contributed by atoms with Crippen LogP contribution in [0.2, 0.25) is 0 Å². The number of carbonyl (C=O) groups excluding carboxylic acids is 2. The number of nitrogens with one attached hydrogen (secondary N) is 1. The van der Waals surface area contributed by atoms with Crippen molar-refractivity contribution in [2.75, 3.05) is 25.0 Å². The number of benzene rings is 1. The molecular weight excluding hydrogens is 334 g/mol. The predicted molar refractivity (Wildman–Crippen MR) is 85.7 cm³/mol. The third kappa shape index (κ3) is 5.13. The van der Waals surface area contributed by atoms with E-state index in [1.165, 1.54) is 0 Å². The molecule has 3 N–H and O–H groups in total. The second-order valence-corrected chi connectivity index (χ2v) is 6.24. The second kappa shape index (κ2) is 7.56. The lowest BCUT2D eigenvalue weighted by atomic mass is 9.95. The highest BCUT2D eigenvalue weighted by atomic mass is 79.9. The van der Waals surface area contributed by atoms with Crippen LogP contribution in [-0.2, 0) is 9.59 Å². The highest BCUT2D eigenvalue weighted by Gasteiger charge is 2.24. The molecule has 0 aliphatic carbocycles. The van der Waals surface area contributed by atoms with Crippen LogP contribution in [0.3, 0.4) is 0 Å². The van der Waals surface area contributed by atoms with Crippen molar-refractivity contribution in [3.05, 3.63) is 28.7 Å². The summed E-state index contributed by atoms with van der Waals surface area (Å²) in [6.45, 7) is 2.37. The van der Waals surface area contributed by atoms with E-state index in [-0.39, 0.29) is 17.7 Å². The highest BCUT2D eigenvalue weighted by Crippen LogP contribution is 2.20. The molecule has 0 saturated carbocycles. The first-order chi connectivity index (χ1) is 10.0. The summed E-state index contributed by atoms with van der Waals surface area (Å²) in [6, 6.07) is 7.57. The second-order valence-electron chi connectivity index (χ2n) is 5.33. The number of nitrogens with zero attached hydrogens (tertiary/aromatic N) is 1. The summed E-state index contributed by atoms with van der Waals surface area (Å²) in [5.41, 5.74) is 5.97. The highest BCUT2D eigenvalue weighted by molar-refractivity contribution is 9.10. The number of halogens is 1. The predicted octanol–water partition coefficient (Wildman–Crippen LogP) is 1.97. The zero-order valence-electron chi connectivity index (χ0n) is 11.8. The minimum Gasteiger partial charge on any atom is -0.370 e. The van der Waals surface area contributed by atoms with E-state index in [2.05, 4.69) is 26.1 Å². The van der Waals surface area contributed by atoms with E-state index in [9.17, 15) is 9.59 Å². The summed E-state index contributed by atoms with van der Waals surface area (Å²) in [5.74, 6) is -0.157. The SMILES string of the molecule is NC(=O)CCN1CCC(C(=O)Nc2ccc(Br)cc2)CC1. The number of likely N-dealkylation sites (tertiary alicyclic amines) is 1. The van der Waals surface area contributed by atoms with E-state index in [0.29, 0.717) is 13.0 Å². The van der Waals surface area contributed by atoms with Crippen LogP contribution in [0, 0.1) is 5.92 Å². The van der Waals surface area contributed by atoms with Crippen LogP contribution in [-0.4, -0.2) is 36.3 Å². The lowest BCUT2D eigenvalue weighted by molar-refractivity contribution is -0.122. The first-order valence-electron chi connectivity index (χ1n) is 7.11. The molecule has 2 rings (SSSR count). The Kier molecular flexibility index (Phi) is 5.76. The van der Waals surface area contributed by atoms with Gasteiger partial charge in [-0.3, -0.25) is 9.59 Å². The van der Waals surface area contributed by atoms with Crippen molar-refractivity contribution < 1.29 is 9.59 Å². The van der Waals surface area contributed by atoms with Crippen LogP contribution in [0.4, 0.5) is 5.69 Å². The van der Waals surface area contributed by atoms with E-state index in [0.717, 1.165) is 36.1 Å². The van der Waals surface area contributed by atoms with Crippen LogP contribution in [0.5, 0.6) is 0 Å². The number of primary amides is 1. The molecule has 5 nitrogen and oxygen atoms in total. The van der Waals surface area contributed by atoms with Gasteiger partial charge in [-0.05, 0) is 50.2 Å². The van der Waals surface area contributed by atoms with Crippen molar-refractivity contribution in [1.29, 1.82) is 0 Å². The van der Waals surface area contributed by atoms with Crippen molar-refractivity contribution in [3.63, 3.8) is 0 Å². The average Bonchev–Trinajstić information content (AvgIpc) is 2.48. The zero-order chi connectivity index (χ0) is 15.2. The van der Waals surface area contributed by atoms with Crippen LogP contribution < -0.4 is 11.1 Å². The van der Waals surface area contributed by atoms with Gasteiger partial charge < -0.3 is 16.0 Å². The summed E-state index contributed by atoms with van der Waals surface area (Å²) in [4.78, 5) is 25.2. The Labute approximate surface area is 133 Å². The molecule has 6 heteroatoms. The van der Waals surface area contributed by atoms with E-state index >= 15 is 0 Å². The Morgan fingerprint density at radius 1 is 1.24 bits per heavy atom. The number of anilines is 1. The number of piperidine rings is 1. The molecule has 1 fully saturated rings. The Hall–Kier alpha value is -1.40. The maximum atomic E-state index is 12.2. The Morgan fingerprint density at radius 2 is 1.86 bits per heavy atom. The average molecular weight is 354 g/mol. The molecule has 1 saturated heterocycles. The summed E-state index contributed by atoms with van der Waals surface area (Å²) in [6.07, 6.45) is 2.03. The lowest BCUT2D eigenvalue weighted by Gasteiger charge is -2.30. The summed E-state index contributed by atoms with van der Waals surface area (Å²) < 4.78 is 0.989. The summed E-state index contributed by atoms with van der Waals surface area (Å²) in [7, 11) is 0. The van der Waals surface area contributed by atoms with Crippen molar-refractivity contribution in [2.45, 2.75) is 19.3 Å². The molecule has 0 radical (unpaired) electrons. The van der Waals surface area contributed by atoms with Gasteiger partial charge in [0, 0.05) is 29.0 Å². The normalized spacial score (nSPS) is 16.6. The minimum absolute atomic E-state index is 0.0403. The van der Waals surface area contributed by atoms with Gasteiger partial charge in [-0.15, -0.1) is 0 Å². The third-order valence-electron chi connectivity index (χ3n) is 3.74. The van der Waals surface area contributed by atoms with Gasteiger partial charge in [0.15, 0.2) is 0 Å². The van der Waals surface area contributed by atoms with E-state index in [1.807, 2.05) is 24.3 Å².